The third kappa shape index (κ3) is 5.60. The molecule has 2 aromatic carbocycles. The standard InChI is InChI=1S/C19H16F2N2O3/c1-25-17-10-13(6-8-16(17)26-19(20)21)7-9-18(24)23-12-15-4-2-14(11-22)3-5-15/h2-10,19H,12H2,1H3,(H,23,24)/b9-7+. The van der Waals surface area contributed by atoms with Gasteiger partial charge in [0, 0.05) is 12.6 Å². The number of halogens is 2. The number of nitriles is 1. The number of hydrogen-bond donors (Lipinski definition) is 1. The summed E-state index contributed by atoms with van der Waals surface area (Å²) < 4.78 is 33.9. The summed E-state index contributed by atoms with van der Waals surface area (Å²) in [7, 11) is 1.34. The van der Waals surface area contributed by atoms with Gasteiger partial charge in [-0.1, -0.05) is 18.2 Å². The summed E-state index contributed by atoms with van der Waals surface area (Å²) in [5.41, 5.74) is 2.01. The second-order valence-corrected chi connectivity index (χ2v) is 5.15. The first-order valence-electron chi connectivity index (χ1n) is 7.59. The summed E-state index contributed by atoms with van der Waals surface area (Å²) in [6, 6.07) is 13.3. The molecular formula is C19H16F2N2O3. The largest absolute Gasteiger partial charge is 0.493 e. The molecular weight excluding hydrogens is 342 g/mol. The maximum Gasteiger partial charge on any atom is 0.387 e. The number of hydrogen-bond acceptors (Lipinski definition) is 4. The molecule has 2 rings (SSSR count). The Hall–Kier alpha value is -3.40. The summed E-state index contributed by atoms with van der Waals surface area (Å²) in [6.07, 6.45) is 2.86. The summed E-state index contributed by atoms with van der Waals surface area (Å²) >= 11 is 0. The summed E-state index contributed by atoms with van der Waals surface area (Å²) in [4.78, 5) is 11.9. The van der Waals surface area contributed by atoms with Crippen LogP contribution in [-0.2, 0) is 11.3 Å². The zero-order valence-electron chi connectivity index (χ0n) is 13.9. The number of rotatable bonds is 7. The topological polar surface area (TPSA) is 71.3 Å². The zero-order valence-corrected chi connectivity index (χ0v) is 13.9. The highest BCUT2D eigenvalue weighted by atomic mass is 19.3. The molecule has 0 saturated carbocycles. The van der Waals surface area contributed by atoms with E-state index in [-0.39, 0.29) is 17.4 Å². The van der Waals surface area contributed by atoms with E-state index in [4.69, 9.17) is 10.00 Å². The van der Waals surface area contributed by atoms with Crippen molar-refractivity contribution in [3.8, 4) is 17.6 Å². The number of amides is 1. The number of carbonyl (C=O) groups is 1. The van der Waals surface area contributed by atoms with E-state index in [1.807, 2.05) is 6.07 Å². The number of alkyl halides is 2. The van der Waals surface area contributed by atoms with Crippen LogP contribution in [-0.4, -0.2) is 19.6 Å². The smallest absolute Gasteiger partial charge is 0.387 e. The molecule has 5 nitrogen and oxygen atoms in total. The number of benzene rings is 2. The molecule has 0 fully saturated rings. The molecule has 0 saturated heterocycles. The van der Waals surface area contributed by atoms with Gasteiger partial charge in [0.25, 0.3) is 0 Å². The number of nitrogens with zero attached hydrogens (tertiary/aromatic N) is 1. The van der Waals surface area contributed by atoms with Gasteiger partial charge < -0.3 is 14.8 Å². The van der Waals surface area contributed by atoms with Gasteiger partial charge in [0.1, 0.15) is 0 Å². The van der Waals surface area contributed by atoms with Crippen LogP contribution in [0.3, 0.4) is 0 Å². The van der Waals surface area contributed by atoms with Gasteiger partial charge >= 0.3 is 6.61 Å². The van der Waals surface area contributed by atoms with Gasteiger partial charge in [0.05, 0.1) is 18.7 Å². The van der Waals surface area contributed by atoms with Crippen LogP contribution < -0.4 is 14.8 Å². The average molecular weight is 358 g/mol. The minimum Gasteiger partial charge on any atom is -0.493 e. The lowest BCUT2D eigenvalue weighted by molar-refractivity contribution is -0.116. The molecule has 0 atom stereocenters. The molecule has 0 unspecified atom stereocenters. The molecule has 0 heterocycles. The molecule has 0 radical (unpaired) electrons. The highest BCUT2D eigenvalue weighted by molar-refractivity contribution is 5.91. The molecule has 134 valence electrons. The van der Waals surface area contributed by atoms with Crippen LogP contribution in [0.25, 0.3) is 6.08 Å². The lowest BCUT2D eigenvalue weighted by Crippen LogP contribution is -2.20. The van der Waals surface area contributed by atoms with Crippen LogP contribution in [0.15, 0.2) is 48.5 Å². The van der Waals surface area contributed by atoms with Crippen LogP contribution in [0.1, 0.15) is 16.7 Å². The van der Waals surface area contributed by atoms with Gasteiger partial charge in [-0.05, 0) is 41.5 Å². The fourth-order valence-electron chi connectivity index (χ4n) is 2.10. The van der Waals surface area contributed by atoms with E-state index >= 15 is 0 Å². The predicted octanol–water partition coefficient (Wildman–Crippen LogP) is 3.50. The van der Waals surface area contributed by atoms with Crippen LogP contribution in [0.5, 0.6) is 11.5 Å². The van der Waals surface area contributed by atoms with E-state index in [2.05, 4.69) is 10.1 Å². The number of ether oxygens (including phenoxy) is 2. The lowest BCUT2D eigenvalue weighted by Gasteiger charge is -2.10. The maximum atomic E-state index is 12.3. The van der Waals surface area contributed by atoms with Gasteiger partial charge in [-0.2, -0.15) is 14.0 Å². The lowest BCUT2D eigenvalue weighted by atomic mass is 10.1. The second-order valence-electron chi connectivity index (χ2n) is 5.15. The van der Waals surface area contributed by atoms with Crippen molar-refractivity contribution in [2.24, 2.45) is 0 Å². The normalized spacial score (nSPS) is 10.6. The Balaban J connectivity index is 1.95. The summed E-state index contributed by atoms with van der Waals surface area (Å²) in [5.74, 6) is -0.253. The number of nitrogens with one attached hydrogen (secondary N) is 1. The molecule has 0 bridgehead atoms. The van der Waals surface area contributed by atoms with Crippen molar-refractivity contribution in [2.75, 3.05) is 7.11 Å². The monoisotopic (exact) mass is 358 g/mol. The Bertz CT molecular complexity index is 828. The van der Waals surface area contributed by atoms with Crippen molar-refractivity contribution in [1.29, 1.82) is 5.26 Å². The first kappa shape index (κ1) is 18.9. The van der Waals surface area contributed by atoms with Gasteiger partial charge in [-0.15, -0.1) is 0 Å². The van der Waals surface area contributed by atoms with Gasteiger partial charge in [0.2, 0.25) is 5.91 Å². The second kappa shape index (κ2) is 9.18. The van der Waals surface area contributed by atoms with Gasteiger partial charge in [-0.25, -0.2) is 0 Å². The van der Waals surface area contributed by atoms with Crippen molar-refractivity contribution in [3.05, 3.63) is 65.2 Å². The van der Waals surface area contributed by atoms with E-state index in [1.54, 1.807) is 24.3 Å². The van der Waals surface area contributed by atoms with Crippen molar-refractivity contribution >= 4 is 12.0 Å². The molecule has 0 aliphatic rings. The number of methoxy groups -OCH3 is 1. The molecule has 26 heavy (non-hydrogen) atoms. The molecule has 1 amide bonds. The highest BCUT2D eigenvalue weighted by Gasteiger charge is 2.10. The fourth-order valence-corrected chi connectivity index (χ4v) is 2.10. The third-order valence-corrected chi connectivity index (χ3v) is 3.38. The predicted molar refractivity (Wildman–Crippen MR) is 91.7 cm³/mol. The number of carbonyl (C=O) groups excluding carboxylic acids is 1. The Morgan fingerprint density at radius 2 is 1.96 bits per heavy atom. The van der Waals surface area contributed by atoms with Crippen molar-refractivity contribution in [1.82, 2.24) is 5.32 Å². The van der Waals surface area contributed by atoms with E-state index in [1.165, 1.54) is 37.5 Å². The summed E-state index contributed by atoms with van der Waals surface area (Å²) in [5, 5.41) is 11.4. The van der Waals surface area contributed by atoms with Crippen molar-refractivity contribution < 1.29 is 23.0 Å². The fraction of sp³-hybridized carbons (Fsp3) is 0.158. The first-order valence-corrected chi connectivity index (χ1v) is 7.59. The Morgan fingerprint density at radius 3 is 2.58 bits per heavy atom. The average Bonchev–Trinajstić information content (AvgIpc) is 2.65. The first-order chi connectivity index (χ1) is 12.5. The molecule has 1 N–H and O–H groups in total. The summed E-state index contributed by atoms with van der Waals surface area (Å²) in [6.45, 7) is -2.63. The van der Waals surface area contributed by atoms with Crippen LogP contribution in [0.4, 0.5) is 8.78 Å². The van der Waals surface area contributed by atoms with E-state index in [0.29, 0.717) is 17.7 Å². The molecule has 0 aromatic heterocycles. The van der Waals surface area contributed by atoms with Gasteiger partial charge in [-0.3, -0.25) is 4.79 Å². The van der Waals surface area contributed by atoms with Crippen molar-refractivity contribution in [2.45, 2.75) is 13.2 Å². The van der Waals surface area contributed by atoms with E-state index in [9.17, 15) is 13.6 Å². The van der Waals surface area contributed by atoms with Crippen LogP contribution >= 0.6 is 0 Å². The Morgan fingerprint density at radius 1 is 1.23 bits per heavy atom. The van der Waals surface area contributed by atoms with Gasteiger partial charge in [0.15, 0.2) is 11.5 Å². The van der Waals surface area contributed by atoms with Crippen LogP contribution in [0, 0.1) is 11.3 Å². The SMILES string of the molecule is COc1cc(/C=C/C(=O)NCc2ccc(C#N)cc2)ccc1OC(F)F. The quantitative estimate of drug-likeness (QED) is 0.769. The van der Waals surface area contributed by atoms with E-state index < -0.39 is 6.61 Å². The Kier molecular flexibility index (Phi) is 6.68. The molecule has 2 aromatic rings. The maximum absolute atomic E-state index is 12.3. The molecule has 0 spiro atoms. The third-order valence-electron chi connectivity index (χ3n) is 3.38. The Labute approximate surface area is 149 Å². The van der Waals surface area contributed by atoms with Crippen molar-refractivity contribution in [3.63, 3.8) is 0 Å². The molecule has 0 aliphatic heterocycles. The van der Waals surface area contributed by atoms with Crippen LogP contribution in [0.2, 0.25) is 0 Å². The minimum absolute atomic E-state index is 0.0788. The zero-order chi connectivity index (χ0) is 18.9. The van der Waals surface area contributed by atoms with E-state index in [0.717, 1.165) is 5.56 Å². The molecule has 0 aliphatic carbocycles. The minimum atomic E-state index is -2.95. The molecule has 7 heteroatoms. The highest BCUT2D eigenvalue weighted by Crippen LogP contribution is 2.29.